The topological polar surface area (TPSA) is 71.3 Å². The van der Waals surface area contributed by atoms with Gasteiger partial charge < -0.3 is 17.3 Å². The molecular formula is C7H3BF7N3O2. The van der Waals surface area contributed by atoms with E-state index in [4.69, 9.17) is 5.39 Å². The van der Waals surface area contributed by atoms with Crippen LogP contribution < -0.4 is 0 Å². The maximum Gasteiger partial charge on any atom is 0.673 e. The maximum absolute atomic E-state index is 12.2. The summed E-state index contributed by atoms with van der Waals surface area (Å²) in [5, 5.41) is 18.6. The number of nitrogens with zero attached hydrogens (tertiary/aromatic N) is 3. The molecule has 1 aromatic carbocycles. The van der Waals surface area contributed by atoms with E-state index in [1.54, 1.807) is 0 Å². The Morgan fingerprint density at radius 3 is 1.95 bits per heavy atom. The van der Waals surface area contributed by atoms with Crippen LogP contribution in [0.15, 0.2) is 18.2 Å². The van der Waals surface area contributed by atoms with Crippen molar-refractivity contribution in [3.05, 3.63) is 38.9 Å². The number of rotatable bonds is 1. The highest BCUT2D eigenvalue weighted by atomic mass is 19.5. The lowest BCUT2D eigenvalue weighted by Crippen LogP contribution is -2.05. The molecule has 5 nitrogen and oxygen atoms in total. The molecule has 0 fully saturated rings. The van der Waals surface area contributed by atoms with Gasteiger partial charge in [-0.1, -0.05) is 0 Å². The van der Waals surface area contributed by atoms with Gasteiger partial charge in [-0.15, -0.1) is 0 Å². The number of diazo groups is 1. The van der Waals surface area contributed by atoms with Crippen LogP contribution in [-0.4, -0.2) is 12.2 Å². The zero-order valence-corrected chi connectivity index (χ0v) is 9.11. The smallest absolute Gasteiger partial charge is 0.418 e. The molecule has 0 saturated carbocycles. The molecule has 0 N–H and O–H groups in total. The molecule has 0 amide bonds. The first-order valence-corrected chi connectivity index (χ1v) is 4.44. The molecule has 20 heavy (non-hydrogen) atoms. The van der Waals surface area contributed by atoms with Crippen molar-refractivity contribution in [2.45, 2.75) is 6.18 Å². The lowest BCUT2D eigenvalue weighted by molar-refractivity contribution is -0.384. The monoisotopic (exact) mass is 305 g/mol. The molecule has 0 radical (unpaired) electrons. The molecule has 0 aliphatic heterocycles. The van der Waals surface area contributed by atoms with Gasteiger partial charge in [-0.05, 0) is 6.07 Å². The quantitative estimate of drug-likeness (QED) is 0.254. The van der Waals surface area contributed by atoms with Crippen molar-refractivity contribution in [3.8, 4) is 0 Å². The summed E-state index contributed by atoms with van der Waals surface area (Å²) in [7, 11) is -6.00. The Kier molecular flexibility index (Phi) is 5.44. The number of alkyl halides is 3. The van der Waals surface area contributed by atoms with Gasteiger partial charge >= 0.3 is 24.8 Å². The molecule has 0 aliphatic rings. The van der Waals surface area contributed by atoms with Crippen LogP contribution in [0.3, 0.4) is 0 Å². The fraction of sp³-hybridized carbons (Fsp3) is 0.143. The summed E-state index contributed by atoms with van der Waals surface area (Å²) in [4.78, 5) is 11.8. The van der Waals surface area contributed by atoms with Crippen molar-refractivity contribution >= 4 is 18.6 Å². The van der Waals surface area contributed by atoms with E-state index in [2.05, 4.69) is 4.98 Å². The summed E-state index contributed by atoms with van der Waals surface area (Å²) in [6.45, 7) is 0. The van der Waals surface area contributed by atoms with Crippen LogP contribution in [0.4, 0.5) is 41.8 Å². The second-order valence-corrected chi connectivity index (χ2v) is 3.05. The second-order valence-electron chi connectivity index (χ2n) is 3.05. The van der Waals surface area contributed by atoms with Gasteiger partial charge in [0.1, 0.15) is 0 Å². The second kappa shape index (κ2) is 6.17. The van der Waals surface area contributed by atoms with Gasteiger partial charge in [-0.25, -0.2) is 0 Å². The van der Waals surface area contributed by atoms with E-state index in [9.17, 15) is 40.5 Å². The number of benzene rings is 1. The van der Waals surface area contributed by atoms with E-state index in [1.165, 1.54) is 0 Å². The van der Waals surface area contributed by atoms with Crippen molar-refractivity contribution in [3.63, 3.8) is 0 Å². The van der Waals surface area contributed by atoms with Crippen molar-refractivity contribution in [1.29, 1.82) is 5.39 Å². The van der Waals surface area contributed by atoms with Crippen LogP contribution in [0, 0.1) is 15.5 Å². The molecular weight excluding hydrogens is 302 g/mol. The van der Waals surface area contributed by atoms with Crippen LogP contribution in [0.25, 0.3) is 4.98 Å². The molecule has 1 rings (SSSR count). The third kappa shape index (κ3) is 6.52. The van der Waals surface area contributed by atoms with Crippen LogP contribution in [-0.2, 0) is 6.18 Å². The highest BCUT2D eigenvalue weighted by Crippen LogP contribution is 2.35. The fourth-order valence-corrected chi connectivity index (χ4v) is 0.931. The van der Waals surface area contributed by atoms with Crippen molar-refractivity contribution < 1.29 is 35.4 Å². The summed E-state index contributed by atoms with van der Waals surface area (Å²) in [6.07, 6.45) is -4.67. The molecule has 0 heterocycles. The largest absolute Gasteiger partial charge is 0.673 e. The molecule has 1 aromatic rings. The van der Waals surface area contributed by atoms with Crippen LogP contribution in [0.1, 0.15) is 5.56 Å². The first-order valence-electron chi connectivity index (χ1n) is 4.44. The number of hydrogen-bond acceptors (Lipinski definition) is 3. The Bertz CT molecular complexity index is 531. The molecule has 0 saturated heterocycles. The molecule has 13 heteroatoms. The zero-order chi connectivity index (χ0) is 16.1. The lowest BCUT2D eigenvalue weighted by Gasteiger charge is -2.03. The Balaban J connectivity index is 0.000000621. The van der Waals surface area contributed by atoms with Crippen LogP contribution in [0.5, 0.6) is 0 Å². The Morgan fingerprint density at radius 2 is 1.65 bits per heavy atom. The van der Waals surface area contributed by atoms with E-state index in [-0.39, 0.29) is 0 Å². The molecule has 0 aliphatic carbocycles. The molecule has 0 spiro atoms. The molecule has 0 unspecified atom stereocenters. The van der Waals surface area contributed by atoms with Gasteiger partial charge in [-0.2, -0.15) is 13.2 Å². The number of hydrogen-bond donors (Lipinski definition) is 0. The molecule has 0 aromatic heterocycles. The van der Waals surface area contributed by atoms with E-state index in [0.29, 0.717) is 12.1 Å². The third-order valence-electron chi connectivity index (χ3n) is 1.61. The minimum Gasteiger partial charge on any atom is -0.418 e. The Labute approximate surface area is 105 Å². The predicted molar refractivity (Wildman–Crippen MR) is 53.0 cm³/mol. The van der Waals surface area contributed by atoms with Gasteiger partial charge in [-0.3, -0.25) is 10.1 Å². The Morgan fingerprint density at radius 1 is 1.20 bits per heavy atom. The van der Waals surface area contributed by atoms with Crippen molar-refractivity contribution in [1.82, 2.24) is 0 Å². The van der Waals surface area contributed by atoms with Crippen LogP contribution in [0.2, 0.25) is 0 Å². The van der Waals surface area contributed by atoms with E-state index < -0.39 is 35.3 Å². The number of nitro benzene ring substituents is 1. The minimum absolute atomic E-state index is 0.315. The fourth-order valence-electron chi connectivity index (χ4n) is 0.931. The summed E-state index contributed by atoms with van der Waals surface area (Å²) in [6, 6.07) is 1.64. The Hall–Kier alpha value is -2.39. The van der Waals surface area contributed by atoms with Gasteiger partial charge in [0.25, 0.3) is 0 Å². The van der Waals surface area contributed by atoms with Crippen LogP contribution >= 0.6 is 0 Å². The summed E-state index contributed by atoms with van der Waals surface area (Å²) in [5.74, 6) is 0. The van der Waals surface area contributed by atoms with E-state index in [1.807, 2.05) is 0 Å². The number of nitro groups is 1. The summed E-state index contributed by atoms with van der Waals surface area (Å²) in [5.41, 5.74) is -2.58. The van der Waals surface area contributed by atoms with Gasteiger partial charge in [0.2, 0.25) is 5.39 Å². The number of halogens is 7. The van der Waals surface area contributed by atoms with Gasteiger partial charge in [0, 0.05) is 12.1 Å². The van der Waals surface area contributed by atoms with Crippen molar-refractivity contribution in [2.75, 3.05) is 0 Å². The first-order chi connectivity index (χ1) is 8.86. The molecule has 0 atom stereocenters. The third-order valence-corrected chi connectivity index (χ3v) is 1.61. The highest BCUT2D eigenvalue weighted by molar-refractivity contribution is 6.50. The first kappa shape index (κ1) is 17.6. The average molecular weight is 305 g/mol. The highest BCUT2D eigenvalue weighted by Gasteiger charge is 2.35. The predicted octanol–water partition coefficient (Wildman–Crippen LogP) is 4.40. The van der Waals surface area contributed by atoms with Crippen molar-refractivity contribution in [2.24, 2.45) is 0 Å². The average Bonchev–Trinajstić information content (AvgIpc) is 2.24. The lowest BCUT2D eigenvalue weighted by atomic mass is 10.1. The summed E-state index contributed by atoms with van der Waals surface area (Å²) < 4.78 is 75.5. The zero-order valence-electron chi connectivity index (χ0n) is 9.11. The van der Waals surface area contributed by atoms with E-state index >= 15 is 0 Å². The normalized spacial score (nSPS) is 11.1. The van der Waals surface area contributed by atoms with Gasteiger partial charge in [0.05, 0.1) is 10.5 Å². The molecule has 0 bridgehead atoms. The standard InChI is InChI=1S/C7H3F3N3O2.BF4/c8-7(9,10)4-1-2-5(12-11)6(3-4)13(14)15;2-1(3,4)5/h1-3H;/q+1;-1. The van der Waals surface area contributed by atoms with Gasteiger partial charge in [0.15, 0.2) is 4.98 Å². The maximum atomic E-state index is 12.2. The van der Waals surface area contributed by atoms with E-state index in [0.717, 1.165) is 6.07 Å². The molecule has 110 valence electrons. The SMILES string of the molecule is F[B-](F)(F)F.N#[N+]c1ccc(C(F)(F)F)cc1[N+](=O)[O-]. The summed E-state index contributed by atoms with van der Waals surface area (Å²) >= 11 is 0. The minimum atomic E-state index is -6.00.